The van der Waals surface area contributed by atoms with Gasteiger partial charge in [-0.25, -0.2) is 4.98 Å². The number of benzene rings is 1. The van der Waals surface area contributed by atoms with Crippen LogP contribution in [0.25, 0.3) is 5.69 Å². The quantitative estimate of drug-likeness (QED) is 0.836. The minimum absolute atomic E-state index is 0.851. The summed E-state index contributed by atoms with van der Waals surface area (Å²) >= 11 is 0. The highest BCUT2D eigenvalue weighted by Gasteiger charge is 2.07. The van der Waals surface area contributed by atoms with E-state index in [1.54, 1.807) is 0 Å². The number of hydrogen-bond acceptors (Lipinski definition) is 3. The maximum Gasteiger partial charge on any atom is 0.127 e. The Morgan fingerprint density at radius 3 is 2.78 bits per heavy atom. The zero-order valence-electron chi connectivity index (χ0n) is 11.0. The molecule has 0 amide bonds. The summed E-state index contributed by atoms with van der Waals surface area (Å²) in [5.41, 5.74) is 1.16. The van der Waals surface area contributed by atoms with Crippen molar-refractivity contribution in [2.75, 3.05) is 27.2 Å². The van der Waals surface area contributed by atoms with Crippen LogP contribution in [-0.4, -0.2) is 41.6 Å². The molecule has 0 spiro atoms. The lowest BCUT2D eigenvalue weighted by Gasteiger charge is -2.17. The molecule has 1 heterocycles. The summed E-state index contributed by atoms with van der Waals surface area (Å²) in [7, 11) is 4.08. The molecular weight excluding hydrogens is 224 g/mol. The second-order valence-electron chi connectivity index (χ2n) is 4.39. The van der Waals surface area contributed by atoms with Gasteiger partial charge in [-0.2, -0.15) is 0 Å². The Kier molecular flexibility index (Phi) is 4.50. The summed E-state index contributed by atoms with van der Waals surface area (Å²) in [6, 6.07) is 10.3. The number of rotatable bonds is 6. The molecule has 0 aliphatic rings. The van der Waals surface area contributed by atoms with Crippen molar-refractivity contribution in [3.05, 3.63) is 48.5 Å². The lowest BCUT2D eigenvalue weighted by Crippen LogP contribution is -2.28. The predicted octanol–water partition coefficient (Wildman–Crippen LogP) is 1.52. The number of imidazole rings is 1. The number of nitrogens with zero attached hydrogens (tertiary/aromatic N) is 3. The molecule has 0 radical (unpaired) electrons. The first-order valence-corrected chi connectivity index (χ1v) is 6.22. The zero-order valence-corrected chi connectivity index (χ0v) is 11.0. The van der Waals surface area contributed by atoms with Gasteiger partial charge in [0.1, 0.15) is 5.82 Å². The molecule has 1 aromatic heterocycles. The maximum atomic E-state index is 4.44. The standard InChI is InChI=1S/C14H20N4/c1-15-8-10-17(2)12-14-16-9-11-18(14)13-6-4-3-5-7-13/h3-7,9,11,15H,8,10,12H2,1-2H3. The van der Waals surface area contributed by atoms with Crippen molar-refractivity contribution in [1.82, 2.24) is 19.8 Å². The number of para-hydroxylation sites is 1. The van der Waals surface area contributed by atoms with E-state index in [0.29, 0.717) is 0 Å². The Morgan fingerprint density at radius 1 is 1.28 bits per heavy atom. The van der Waals surface area contributed by atoms with E-state index in [0.717, 1.165) is 31.1 Å². The smallest absolute Gasteiger partial charge is 0.127 e. The molecule has 0 aliphatic carbocycles. The second kappa shape index (κ2) is 6.33. The topological polar surface area (TPSA) is 33.1 Å². The highest BCUT2D eigenvalue weighted by molar-refractivity contribution is 5.32. The van der Waals surface area contributed by atoms with Crippen LogP contribution in [0.4, 0.5) is 0 Å². The molecule has 0 atom stereocenters. The second-order valence-corrected chi connectivity index (χ2v) is 4.39. The molecule has 4 heteroatoms. The van der Waals surface area contributed by atoms with Crippen molar-refractivity contribution < 1.29 is 0 Å². The van der Waals surface area contributed by atoms with E-state index in [9.17, 15) is 0 Å². The predicted molar refractivity (Wildman–Crippen MR) is 73.8 cm³/mol. The SMILES string of the molecule is CNCCN(C)Cc1nccn1-c1ccccc1. The molecule has 0 saturated heterocycles. The summed E-state index contributed by atoms with van der Waals surface area (Å²) in [5.74, 6) is 1.07. The molecule has 2 aromatic rings. The third-order valence-electron chi connectivity index (χ3n) is 2.91. The molecule has 0 saturated carbocycles. The van der Waals surface area contributed by atoms with Crippen LogP contribution in [0, 0.1) is 0 Å². The van der Waals surface area contributed by atoms with Crippen molar-refractivity contribution in [3.8, 4) is 5.69 Å². The first-order chi connectivity index (χ1) is 8.81. The fourth-order valence-corrected chi connectivity index (χ4v) is 1.90. The van der Waals surface area contributed by atoms with Crippen molar-refractivity contribution in [3.63, 3.8) is 0 Å². The van der Waals surface area contributed by atoms with Gasteiger partial charge in [-0.05, 0) is 26.2 Å². The molecule has 0 unspecified atom stereocenters. The number of hydrogen-bond donors (Lipinski definition) is 1. The average Bonchev–Trinajstić information content (AvgIpc) is 2.85. The van der Waals surface area contributed by atoms with Crippen LogP contribution in [0.5, 0.6) is 0 Å². The monoisotopic (exact) mass is 244 g/mol. The van der Waals surface area contributed by atoms with Gasteiger partial charge in [0.2, 0.25) is 0 Å². The summed E-state index contributed by atoms with van der Waals surface area (Å²) < 4.78 is 2.13. The van der Waals surface area contributed by atoms with Crippen LogP contribution in [0.3, 0.4) is 0 Å². The molecule has 1 aromatic carbocycles. The number of likely N-dealkylation sites (N-methyl/N-ethyl adjacent to an activating group) is 2. The third kappa shape index (κ3) is 3.18. The molecule has 0 fully saturated rings. The lowest BCUT2D eigenvalue weighted by molar-refractivity contribution is 0.318. The summed E-state index contributed by atoms with van der Waals surface area (Å²) in [5, 5.41) is 3.16. The molecular formula is C14H20N4. The molecule has 18 heavy (non-hydrogen) atoms. The highest BCUT2D eigenvalue weighted by atomic mass is 15.2. The Morgan fingerprint density at radius 2 is 2.06 bits per heavy atom. The highest BCUT2D eigenvalue weighted by Crippen LogP contribution is 2.11. The van der Waals surface area contributed by atoms with Crippen molar-refractivity contribution in [2.24, 2.45) is 0 Å². The summed E-state index contributed by atoms with van der Waals surface area (Å²) in [6.45, 7) is 2.85. The van der Waals surface area contributed by atoms with E-state index in [2.05, 4.69) is 38.9 Å². The van der Waals surface area contributed by atoms with Gasteiger partial charge in [-0.3, -0.25) is 4.90 Å². The van der Waals surface area contributed by atoms with Gasteiger partial charge in [0.25, 0.3) is 0 Å². The van der Waals surface area contributed by atoms with E-state index in [-0.39, 0.29) is 0 Å². The number of aromatic nitrogens is 2. The van der Waals surface area contributed by atoms with Gasteiger partial charge in [-0.15, -0.1) is 0 Å². The molecule has 0 aliphatic heterocycles. The minimum atomic E-state index is 0.851. The first kappa shape index (κ1) is 12.8. The zero-order chi connectivity index (χ0) is 12.8. The van der Waals surface area contributed by atoms with E-state index in [1.165, 1.54) is 0 Å². The largest absolute Gasteiger partial charge is 0.318 e. The Bertz CT molecular complexity index is 464. The van der Waals surface area contributed by atoms with Gasteiger partial charge in [-0.1, -0.05) is 18.2 Å². The molecule has 96 valence electrons. The van der Waals surface area contributed by atoms with Crippen molar-refractivity contribution in [1.29, 1.82) is 0 Å². The normalized spacial score (nSPS) is 11.1. The van der Waals surface area contributed by atoms with Crippen molar-refractivity contribution >= 4 is 0 Å². The van der Waals surface area contributed by atoms with Crippen LogP contribution in [0.2, 0.25) is 0 Å². The molecule has 4 nitrogen and oxygen atoms in total. The van der Waals surface area contributed by atoms with Gasteiger partial charge in [0.15, 0.2) is 0 Å². The van der Waals surface area contributed by atoms with Gasteiger partial charge < -0.3 is 9.88 Å². The Balaban J connectivity index is 2.09. The molecule has 1 N–H and O–H groups in total. The first-order valence-electron chi connectivity index (χ1n) is 6.22. The van der Waals surface area contributed by atoms with E-state index >= 15 is 0 Å². The van der Waals surface area contributed by atoms with E-state index in [4.69, 9.17) is 0 Å². The third-order valence-corrected chi connectivity index (χ3v) is 2.91. The van der Waals surface area contributed by atoms with Crippen LogP contribution >= 0.6 is 0 Å². The average molecular weight is 244 g/mol. The summed E-state index contributed by atoms with van der Waals surface area (Å²) in [4.78, 5) is 6.70. The minimum Gasteiger partial charge on any atom is -0.318 e. The Labute approximate surface area is 108 Å². The van der Waals surface area contributed by atoms with Crippen LogP contribution in [0.15, 0.2) is 42.7 Å². The van der Waals surface area contributed by atoms with Gasteiger partial charge in [0.05, 0.1) is 6.54 Å². The Hall–Kier alpha value is -1.65. The fourth-order valence-electron chi connectivity index (χ4n) is 1.90. The van der Waals surface area contributed by atoms with Gasteiger partial charge >= 0.3 is 0 Å². The fraction of sp³-hybridized carbons (Fsp3) is 0.357. The van der Waals surface area contributed by atoms with E-state index in [1.807, 2.05) is 37.6 Å². The summed E-state index contributed by atoms with van der Waals surface area (Å²) in [6.07, 6.45) is 3.87. The van der Waals surface area contributed by atoms with Crippen LogP contribution in [0.1, 0.15) is 5.82 Å². The van der Waals surface area contributed by atoms with E-state index < -0.39 is 0 Å². The number of nitrogens with one attached hydrogen (secondary N) is 1. The van der Waals surface area contributed by atoms with Crippen LogP contribution < -0.4 is 5.32 Å². The lowest BCUT2D eigenvalue weighted by atomic mass is 10.3. The van der Waals surface area contributed by atoms with Gasteiger partial charge in [0, 0.05) is 31.2 Å². The molecule has 0 bridgehead atoms. The molecule has 2 rings (SSSR count). The van der Waals surface area contributed by atoms with Crippen LogP contribution in [-0.2, 0) is 6.54 Å². The maximum absolute atomic E-state index is 4.44. The van der Waals surface area contributed by atoms with Crippen molar-refractivity contribution in [2.45, 2.75) is 6.54 Å².